The summed E-state index contributed by atoms with van der Waals surface area (Å²) in [7, 11) is -4.02. The van der Waals surface area contributed by atoms with Crippen molar-refractivity contribution < 1.29 is 18.0 Å². The van der Waals surface area contributed by atoms with Crippen molar-refractivity contribution >= 4 is 73.9 Å². The Morgan fingerprint density at radius 2 is 1.52 bits per heavy atom. The molecule has 0 aromatic heterocycles. The van der Waals surface area contributed by atoms with Crippen LogP contribution in [0.15, 0.2) is 66.7 Å². The van der Waals surface area contributed by atoms with E-state index in [1.165, 1.54) is 17.0 Å². The minimum atomic E-state index is -4.02. The predicted molar refractivity (Wildman–Crippen MR) is 163 cm³/mol. The van der Waals surface area contributed by atoms with Crippen molar-refractivity contribution in [3.63, 3.8) is 0 Å². The van der Waals surface area contributed by atoms with Gasteiger partial charge in [0.25, 0.3) is 0 Å². The van der Waals surface area contributed by atoms with Gasteiger partial charge < -0.3 is 10.2 Å². The van der Waals surface area contributed by atoms with Crippen molar-refractivity contribution in [2.45, 2.75) is 32.4 Å². The lowest BCUT2D eigenvalue weighted by molar-refractivity contribution is -0.140. The van der Waals surface area contributed by atoms with Crippen molar-refractivity contribution in [3.05, 3.63) is 97.9 Å². The van der Waals surface area contributed by atoms with Crippen LogP contribution in [0.25, 0.3) is 0 Å². The van der Waals surface area contributed by atoms with Gasteiger partial charge >= 0.3 is 0 Å². The maximum absolute atomic E-state index is 14.0. The fourth-order valence-corrected chi connectivity index (χ4v) is 5.81. The number of carbonyl (C=O) groups is 2. The van der Waals surface area contributed by atoms with Crippen molar-refractivity contribution in [2.24, 2.45) is 0 Å². The summed E-state index contributed by atoms with van der Waals surface area (Å²) in [5.74, 6) is -0.986. The molecule has 214 valence electrons. The van der Waals surface area contributed by atoms with E-state index in [1.807, 2.05) is 37.3 Å². The standard InChI is InChI=1S/C28H29Cl4N3O4S/c1-3-12-33-28(37)26(14-19-8-5-4-6-9-19)34(17-20-10-7-11-21(29)13-20)27(36)18-35(40(2,38)39)25-16-23(31)22(30)15-24(25)32/h4-11,13,15-16,26H,3,12,14,17-18H2,1-2H3,(H,33,37)/t26-/m0/s1. The largest absolute Gasteiger partial charge is 0.354 e. The Kier molecular flexibility index (Phi) is 11.5. The Hall–Kier alpha value is -2.49. The average molecular weight is 645 g/mol. The van der Waals surface area contributed by atoms with E-state index in [0.717, 1.165) is 16.1 Å². The molecular weight excluding hydrogens is 616 g/mol. The van der Waals surface area contributed by atoms with Crippen molar-refractivity contribution in [3.8, 4) is 0 Å². The van der Waals surface area contributed by atoms with Crippen LogP contribution in [-0.2, 0) is 32.6 Å². The zero-order valence-electron chi connectivity index (χ0n) is 21.9. The highest BCUT2D eigenvalue weighted by Gasteiger charge is 2.33. The van der Waals surface area contributed by atoms with Gasteiger partial charge in [0.15, 0.2) is 0 Å². The molecule has 0 spiro atoms. The first-order chi connectivity index (χ1) is 18.9. The summed E-state index contributed by atoms with van der Waals surface area (Å²) in [4.78, 5) is 28.9. The molecule has 7 nitrogen and oxygen atoms in total. The molecule has 1 atom stereocenters. The molecule has 0 saturated heterocycles. The SMILES string of the molecule is CCCNC(=O)[C@H](Cc1ccccc1)N(Cc1cccc(Cl)c1)C(=O)CN(c1cc(Cl)c(Cl)cc1Cl)S(C)(=O)=O. The van der Waals surface area contributed by atoms with Crippen LogP contribution in [0.3, 0.4) is 0 Å². The Labute approximate surface area is 255 Å². The second-order valence-electron chi connectivity index (χ2n) is 9.14. The maximum atomic E-state index is 14.0. The maximum Gasteiger partial charge on any atom is 0.244 e. The molecular formula is C28H29Cl4N3O4S. The summed E-state index contributed by atoms with van der Waals surface area (Å²) < 4.78 is 26.7. The number of hydrogen-bond donors (Lipinski definition) is 1. The monoisotopic (exact) mass is 643 g/mol. The highest BCUT2D eigenvalue weighted by atomic mass is 35.5. The first-order valence-corrected chi connectivity index (χ1v) is 15.7. The van der Waals surface area contributed by atoms with Gasteiger partial charge in [-0.1, -0.05) is 95.8 Å². The molecule has 3 rings (SSSR count). The van der Waals surface area contributed by atoms with E-state index in [1.54, 1.807) is 24.3 Å². The summed E-state index contributed by atoms with van der Waals surface area (Å²) in [6, 6.07) is 17.8. The van der Waals surface area contributed by atoms with Crippen molar-refractivity contribution in [1.82, 2.24) is 10.2 Å². The second-order valence-corrected chi connectivity index (χ2v) is 12.7. The average Bonchev–Trinajstić information content (AvgIpc) is 2.90. The zero-order chi connectivity index (χ0) is 29.4. The third-order valence-corrected chi connectivity index (χ3v) is 8.39. The van der Waals surface area contributed by atoms with E-state index >= 15 is 0 Å². The summed E-state index contributed by atoms with van der Waals surface area (Å²) in [5.41, 5.74) is 1.49. The van der Waals surface area contributed by atoms with Gasteiger partial charge in [0.05, 0.1) is 27.0 Å². The minimum Gasteiger partial charge on any atom is -0.354 e. The molecule has 2 amide bonds. The van der Waals surface area contributed by atoms with E-state index in [0.29, 0.717) is 23.6 Å². The summed E-state index contributed by atoms with van der Waals surface area (Å²) in [6.07, 6.45) is 1.86. The number of benzene rings is 3. The molecule has 0 radical (unpaired) electrons. The van der Waals surface area contributed by atoms with Crippen molar-refractivity contribution in [2.75, 3.05) is 23.7 Å². The van der Waals surface area contributed by atoms with E-state index < -0.39 is 28.5 Å². The van der Waals surface area contributed by atoms with Crippen LogP contribution in [0.4, 0.5) is 5.69 Å². The lowest BCUT2D eigenvalue weighted by Crippen LogP contribution is -2.53. The molecule has 3 aromatic rings. The van der Waals surface area contributed by atoms with Gasteiger partial charge in [0, 0.05) is 24.5 Å². The number of anilines is 1. The zero-order valence-corrected chi connectivity index (χ0v) is 25.8. The molecule has 1 N–H and O–H groups in total. The molecule has 0 aliphatic rings. The number of nitrogens with zero attached hydrogens (tertiary/aromatic N) is 2. The van der Waals surface area contributed by atoms with Crippen molar-refractivity contribution in [1.29, 1.82) is 0 Å². The van der Waals surface area contributed by atoms with Gasteiger partial charge in [-0.15, -0.1) is 0 Å². The van der Waals surface area contributed by atoms with Gasteiger partial charge in [-0.3, -0.25) is 13.9 Å². The Balaban J connectivity index is 2.08. The van der Waals surface area contributed by atoms with Gasteiger partial charge in [0.1, 0.15) is 12.6 Å². The fraction of sp³-hybridized carbons (Fsp3) is 0.286. The third kappa shape index (κ3) is 8.75. The molecule has 0 heterocycles. The van der Waals surface area contributed by atoms with Crippen LogP contribution in [0, 0.1) is 0 Å². The highest BCUT2D eigenvalue weighted by Crippen LogP contribution is 2.35. The number of carbonyl (C=O) groups excluding carboxylic acids is 2. The van der Waals surface area contributed by atoms with Gasteiger partial charge in [-0.2, -0.15) is 0 Å². The Morgan fingerprint density at radius 1 is 0.875 bits per heavy atom. The van der Waals surface area contributed by atoms with Crippen LogP contribution >= 0.6 is 46.4 Å². The number of hydrogen-bond acceptors (Lipinski definition) is 4. The topological polar surface area (TPSA) is 86.8 Å². The van der Waals surface area contributed by atoms with Crippen LogP contribution in [0.5, 0.6) is 0 Å². The van der Waals surface area contributed by atoms with E-state index in [9.17, 15) is 18.0 Å². The molecule has 0 unspecified atom stereocenters. The summed E-state index contributed by atoms with van der Waals surface area (Å²) in [6.45, 7) is 1.70. The number of rotatable bonds is 12. The molecule has 0 saturated carbocycles. The number of nitrogens with one attached hydrogen (secondary N) is 1. The summed E-state index contributed by atoms with van der Waals surface area (Å²) in [5, 5.41) is 3.53. The van der Waals surface area contributed by atoms with E-state index in [-0.39, 0.29) is 39.6 Å². The first-order valence-electron chi connectivity index (χ1n) is 12.4. The van der Waals surface area contributed by atoms with Gasteiger partial charge in [-0.05, 0) is 41.8 Å². The molecule has 0 bridgehead atoms. The normalized spacial score (nSPS) is 12.1. The fourth-order valence-electron chi connectivity index (χ4n) is 4.05. The smallest absolute Gasteiger partial charge is 0.244 e. The number of amides is 2. The van der Waals surface area contributed by atoms with Crippen LogP contribution in [0.1, 0.15) is 24.5 Å². The molecule has 3 aromatic carbocycles. The Morgan fingerprint density at radius 3 is 2.15 bits per heavy atom. The lowest BCUT2D eigenvalue weighted by Gasteiger charge is -2.33. The lowest BCUT2D eigenvalue weighted by atomic mass is 10.0. The minimum absolute atomic E-state index is 0.00312. The van der Waals surface area contributed by atoms with E-state index in [2.05, 4.69) is 5.32 Å². The van der Waals surface area contributed by atoms with Crippen LogP contribution in [-0.4, -0.2) is 50.5 Å². The Bertz CT molecular complexity index is 1460. The third-order valence-electron chi connectivity index (χ3n) is 6.00. The quantitative estimate of drug-likeness (QED) is 0.237. The first kappa shape index (κ1) is 32.0. The van der Waals surface area contributed by atoms with Crippen LogP contribution < -0.4 is 9.62 Å². The predicted octanol–water partition coefficient (Wildman–Crippen LogP) is 6.23. The molecule has 0 aliphatic heterocycles. The molecule has 0 fully saturated rings. The molecule has 12 heteroatoms. The highest BCUT2D eigenvalue weighted by molar-refractivity contribution is 7.92. The van der Waals surface area contributed by atoms with Gasteiger partial charge in [0.2, 0.25) is 21.8 Å². The molecule has 0 aliphatic carbocycles. The van der Waals surface area contributed by atoms with Gasteiger partial charge in [-0.25, -0.2) is 8.42 Å². The molecule has 40 heavy (non-hydrogen) atoms. The van der Waals surface area contributed by atoms with E-state index in [4.69, 9.17) is 46.4 Å². The number of halogens is 4. The number of sulfonamides is 1. The van der Waals surface area contributed by atoms with Crippen LogP contribution in [0.2, 0.25) is 20.1 Å². The summed E-state index contributed by atoms with van der Waals surface area (Å²) >= 11 is 24.7. The second kappa shape index (κ2) is 14.4.